The van der Waals surface area contributed by atoms with Crippen molar-refractivity contribution in [1.82, 2.24) is 0 Å². The number of rotatable bonds is 1. The van der Waals surface area contributed by atoms with E-state index in [1.165, 1.54) is 6.42 Å². The van der Waals surface area contributed by atoms with Crippen molar-refractivity contribution in [2.45, 2.75) is 32.6 Å². The van der Waals surface area contributed by atoms with E-state index in [0.29, 0.717) is 5.92 Å². The van der Waals surface area contributed by atoms with Crippen LogP contribution >= 0.6 is 0 Å². The second-order valence-corrected chi connectivity index (χ2v) is 3.31. The van der Waals surface area contributed by atoms with Crippen molar-refractivity contribution in [1.29, 1.82) is 0 Å². The maximum atomic E-state index is 10.5. The molecule has 2 nitrogen and oxygen atoms in total. The highest BCUT2D eigenvalue weighted by atomic mass is 16.4. The summed E-state index contributed by atoms with van der Waals surface area (Å²) in [6.07, 6.45) is 4.08. The number of carboxylic acids is 1. The Labute approximate surface area is 61.2 Å². The first-order valence-electron chi connectivity index (χ1n) is 3.93. The van der Waals surface area contributed by atoms with Crippen molar-refractivity contribution < 1.29 is 9.90 Å². The molecule has 0 spiro atoms. The largest absolute Gasteiger partial charge is 0.481 e. The maximum absolute atomic E-state index is 10.5. The lowest BCUT2D eigenvalue weighted by molar-refractivity contribution is -0.143. The molecule has 2 atom stereocenters. The van der Waals surface area contributed by atoms with E-state index >= 15 is 0 Å². The summed E-state index contributed by atoms with van der Waals surface area (Å²) in [6.45, 7) is 2.13. The van der Waals surface area contributed by atoms with Crippen molar-refractivity contribution in [3.05, 3.63) is 0 Å². The van der Waals surface area contributed by atoms with Gasteiger partial charge >= 0.3 is 5.97 Å². The number of carboxylic acid groups (broad SMARTS) is 1. The molecule has 10 heavy (non-hydrogen) atoms. The third kappa shape index (κ3) is 1.72. The van der Waals surface area contributed by atoms with Crippen molar-refractivity contribution in [2.24, 2.45) is 11.8 Å². The number of hydrogen-bond donors (Lipinski definition) is 1. The molecule has 0 saturated heterocycles. The normalized spacial score (nSPS) is 33.7. The highest BCUT2D eigenvalue weighted by Crippen LogP contribution is 2.28. The number of hydrogen-bond acceptors (Lipinski definition) is 1. The highest BCUT2D eigenvalue weighted by molar-refractivity contribution is 5.70. The third-order valence-electron chi connectivity index (χ3n) is 2.29. The third-order valence-corrected chi connectivity index (χ3v) is 2.29. The Hall–Kier alpha value is -0.530. The van der Waals surface area contributed by atoms with E-state index in [0.717, 1.165) is 19.3 Å². The second kappa shape index (κ2) is 3.04. The highest BCUT2D eigenvalue weighted by Gasteiger charge is 2.23. The zero-order valence-corrected chi connectivity index (χ0v) is 6.34. The van der Waals surface area contributed by atoms with Gasteiger partial charge in [0.15, 0.2) is 0 Å². The van der Waals surface area contributed by atoms with Crippen LogP contribution in [-0.2, 0) is 4.79 Å². The molecule has 1 aliphatic rings. The van der Waals surface area contributed by atoms with Crippen LogP contribution in [0.2, 0.25) is 0 Å². The number of aliphatic carboxylic acids is 1. The van der Waals surface area contributed by atoms with E-state index < -0.39 is 5.97 Å². The zero-order valence-electron chi connectivity index (χ0n) is 6.34. The van der Waals surface area contributed by atoms with Gasteiger partial charge in [0.1, 0.15) is 0 Å². The monoisotopic (exact) mass is 142 g/mol. The van der Waals surface area contributed by atoms with Gasteiger partial charge in [0, 0.05) is 0 Å². The van der Waals surface area contributed by atoms with Gasteiger partial charge in [-0.1, -0.05) is 19.8 Å². The Bertz CT molecular complexity index is 131. The van der Waals surface area contributed by atoms with E-state index in [2.05, 4.69) is 6.92 Å². The van der Waals surface area contributed by atoms with Crippen LogP contribution < -0.4 is 0 Å². The minimum Gasteiger partial charge on any atom is -0.481 e. The second-order valence-electron chi connectivity index (χ2n) is 3.31. The summed E-state index contributed by atoms with van der Waals surface area (Å²) in [7, 11) is 0. The molecule has 2 heteroatoms. The van der Waals surface area contributed by atoms with Gasteiger partial charge in [-0.3, -0.25) is 4.79 Å². The Morgan fingerprint density at radius 3 is 2.60 bits per heavy atom. The fraction of sp³-hybridized carbons (Fsp3) is 0.875. The minimum atomic E-state index is -0.605. The minimum absolute atomic E-state index is 0.0521. The van der Waals surface area contributed by atoms with Gasteiger partial charge < -0.3 is 5.11 Å². The lowest BCUT2D eigenvalue weighted by Crippen LogP contribution is -2.20. The van der Waals surface area contributed by atoms with Gasteiger partial charge in [0.2, 0.25) is 0 Å². The molecular weight excluding hydrogens is 128 g/mol. The summed E-state index contributed by atoms with van der Waals surface area (Å²) in [6, 6.07) is 0. The molecule has 58 valence electrons. The molecule has 1 N–H and O–H groups in total. The molecule has 0 aromatic rings. The first kappa shape index (κ1) is 7.58. The predicted octanol–water partition coefficient (Wildman–Crippen LogP) is 1.90. The summed E-state index contributed by atoms with van der Waals surface area (Å²) in [5, 5.41) is 8.66. The fourth-order valence-corrected chi connectivity index (χ4v) is 1.66. The summed E-state index contributed by atoms with van der Waals surface area (Å²) in [5.41, 5.74) is 0. The lowest BCUT2D eigenvalue weighted by Gasteiger charge is -2.22. The molecule has 1 rings (SSSR count). The molecule has 1 aliphatic carbocycles. The quantitative estimate of drug-likeness (QED) is 0.607. The SMILES string of the molecule is C[C@@H]1CCC[C@H](C(=O)O)C1. The van der Waals surface area contributed by atoms with Crippen molar-refractivity contribution in [3.8, 4) is 0 Å². The van der Waals surface area contributed by atoms with Crippen LogP contribution in [0.25, 0.3) is 0 Å². The van der Waals surface area contributed by atoms with Crippen LogP contribution in [-0.4, -0.2) is 11.1 Å². The van der Waals surface area contributed by atoms with E-state index in [9.17, 15) is 4.79 Å². The first-order chi connectivity index (χ1) is 4.70. The molecule has 0 radical (unpaired) electrons. The fourth-order valence-electron chi connectivity index (χ4n) is 1.66. The van der Waals surface area contributed by atoms with Crippen molar-refractivity contribution in [3.63, 3.8) is 0 Å². The average Bonchev–Trinajstić information content (AvgIpc) is 1.88. The standard InChI is InChI=1S/C8H14O2/c1-6-3-2-4-7(5-6)8(9)10/h6-7H,2-5H2,1H3,(H,9,10)/t6-,7+/m1/s1. The molecule has 0 unspecified atom stereocenters. The van der Waals surface area contributed by atoms with E-state index in [4.69, 9.17) is 5.11 Å². The molecular formula is C8H14O2. The Morgan fingerprint density at radius 1 is 1.50 bits per heavy atom. The van der Waals surface area contributed by atoms with E-state index in [1.807, 2.05) is 0 Å². The van der Waals surface area contributed by atoms with Crippen LogP contribution in [0.15, 0.2) is 0 Å². The van der Waals surface area contributed by atoms with Crippen LogP contribution in [0.1, 0.15) is 32.6 Å². The molecule has 0 amide bonds. The van der Waals surface area contributed by atoms with Crippen molar-refractivity contribution >= 4 is 5.97 Å². The molecule has 0 aliphatic heterocycles. The topological polar surface area (TPSA) is 37.3 Å². The predicted molar refractivity (Wildman–Crippen MR) is 38.8 cm³/mol. The Balaban J connectivity index is 2.39. The first-order valence-corrected chi connectivity index (χ1v) is 3.93. The molecule has 0 aromatic heterocycles. The molecule has 1 saturated carbocycles. The van der Waals surface area contributed by atoms with Gasteiger partial charge in [-0.25, -0.2) is 0 Å². The van der Waals surface area contributed by atoms with Gasteiger partial charge in [0.25, 0.3) is 0 Å². The van der Waals surface area contributed by atoms with Gasteiger partial charge in [-0.15, -0.1) is 0 Å². The summed E-state index contributed by atoms with van der Waals surface area (Å²) < 4.78 is 0. The summed E-state index contributed by atoms with van der Waals surface area (Å²) >= 11 is 0. The summed E-state index contributed by atoms with van der Waals surface area (Å²) in [5.74, 6) is -0.0369. The lowest BCUT2D eigenvalue weighted by atomic mass is 9.83. The van der Waals surface area contributed by atoms with Gasteiger partial charge in [0.05, 0.1) is 5.92 Å². The van der Waals surface area contributed by atoms with Gasteiger partial charge in [-0.05, 0) is 18.8 Å². The molecule has 1 fully saturated rings. The molecule has 0 aromatic carbocycles. The number of carbonyl (C=O) groups is 1. The Kier molecular flexibility index (Phi) is 2.30. The van der Waals surface area contributed by atoms with Crippen LogP contribution in [0.5, 0.6) is 0 Å². The Morgan fingerprint density at radius 2 is 2.20 bits per heavy atom. The summed E-state index contributed by atoms with van der Waals surface area (Å²) in [4.78, 5) is 10.5. The van der Waals surface area contributed by atoms with E-state index in [-0.39, 0.29) is 5.92 Å². The van der Waals surface area contributed by atoms with Crippen LogP contribution in [0, 0.1) is 11.8 Å². The van der Waals surface area contributed by atoms with Crippen LogP contribution in [0.3, 0.4) is 0 Å². The molecule has 0 heterocycles. The zero-order chi connectivity index (χ0) is 7.56. The maximum Gasteiger partial charge on any atom is 0.306 e. The van der Waals surface area contributed by atoms with Crippen molar-refractivity contribution in [2.75, 3.05) is 0 Å². The van der Waals surface area contributed by atoms with E-state index in [1.54, 1.807) is 0 Å². The average molecular weight is 142 g/mol. The van der Waals surface area contributed by atoms with Crippen LogP contribution in [0.4, 0.5) is 0 Å². The smallest absolute Gasteiger partial charge is 0.306 e. The van der Waals surface area contributed by atoms with Gasteiger partial charge in [-0.2, -0.15) is 0 Å². The molecule has 0 bridgehead atoms.